The average Bonchev–Trinajstić information content (AvgIpc) is 3.47. The number of rotatable bonds is 5. The van der Waals surface area contributed by atoms with E-state index in [9.17, 15) is 4.79 Å². The number of nitrogens with one attached hydrogen (secondary N) is 1. The van der Waals surface area contributed by atoms with Crippen LogP contribution in [-0.2, 0) is 0 Å². The SMILES string of the molecule is COc1ccc([C@H]2C=C(c3cccs3)NN2C(=O)c2ccco2)cc1OC. The first-order chi connectivity index (χ1) is 13.2. The molecule has 2 aromatic heterocycles. The van der Waals surface area contributed by atoms with Gasteiger partial charge in [-0.3, -0.25) is 10.2 Å². The highest BCUT2D eigenvalue weighted by atomic mass is 32.1. The van der Waals surface area contributed by atoms with E-state index < -0.39 is 0 Å². The van der Waals surface area contributed by atoms with Gasteiger partial charge in [0.25, 0.3) is 0 Å². The van der Waals surface area contributed by atoms with Gasteiger partial charge in [0.15, 0.2) is 17.3 Å². The van der Waals surface area contributed by atoms with Gasteiger partial charge in [-0.05, 0) is 47.4 Å². The van der Waals surface area contributed by atoms with Crippen molar-refractivity contribution in [3.8, 4) is 11.5 Å². The molecule has 138 valence electrons. The molecule has 0 spiro atoms. The van der Waals surface area contributed by atoms with E-state index in [1.54, 1.807) is 42.7 Å². The Balaban J connectivity index is 1.74. The van der Waals surface area contributed by atoms with E-state index in [1.807, 2.05) is 41.8 Å². The van der Waals surface area contributed by atoms with Crippen molar-refractivity contribution in [2.45, 2.75) is 6.04 Å². The van der Waals surface area contributed by atoms with Crippen molar-refractivity contribution in [2.24, 2.45) is 0 Å². The van der Waals surface area contributed by atoms with Gasteiger partial charge in [0.2, 0.25) is 0 Å². The van der Waals surface area contributed by atoms with Crippen molar-refractivity contribution in [2.75, 3.05) is 14.2 Å². The van der Waals surface area contributed by atoms with Crippen LogP contribution in [0.15, 0.2) is 64.6 Å². The lowest BCUT2D eigenvalue weighted by molar-refractivity contribution is 0.0639. The molecule has 0 bridgehead atoms. The minimum atomic E-state index is -0.320. The summed E-state index contributed by atoms with van der Waals surface area (Å²) in [6, 6.07) is 12.6. The molecule has 0 saturated carbocycles. The maximum atomic E-state index is 13.0. The summed E-state index contributed by atoms with van der Waals surface area (Å²) in [5.74, 6) is 1.27. The Kier molecular flexibility index (Phi) is 4.60. The predicted molar refractivity (Wildman–Crippen MR) is 103 cm³/mol. The average molecular weight is 382 g/mol. The first kappa shape index (κ1) is 17.2. The number of benzene rings is 1. The van der Waals surface area contributed by atoms with E-state index in [4.69, 9.17) is 13.9 Å². The molecule has 0 radical (unpaired) electrons. The first-order valence-corrected chi connectivity index (χ1v) is 9.20. The highest BCUT2D eigenvalue weighted by molar-refractivity contribution is 7.11. The highest BCUT2D eigenvalue weighted by Crippen LogP contribution is 2.37. The molecule has 0 aliphatic carbocycles. The van der Waals surface area contributed by atoms with Gasteiger partial charge in [-0.2, -0.15) is 0 Å². The Morgan fingerprint density at radius 3 is 2.67 bits per heavy atom. The highest BCUT2D eigenvalue weighted by Gasteiger charge is 2.33. The van der Waals surface area contributed by atoms with Crippen LogP contribution in [0.2, 0.25) is 0 Å². The minimum Gasteiger partial charge on any atom is -0.493 e. The summed E-state index contributed by atoms with van der Waals surface area (Å²) in [7, 11) is 3.18. The number of nitrogens with zero attached hydrogens (tertiary/aromatic N) is 1. The van der Waals surface area contributed by atoms with E-state index in [1.165, 1.54) is 6.26 Å². The molecule has 1 aromatic carbocycles. The van der Waals surface area contributed by atoms with Gasteiger partial charge in [0.1, 0.15) is 0 Å². The monoisotopic (exact) mass is 382 g/mol. The molecule has 1 atom stereocenters. The third kappa shape index (κ3) is 3.17. The summed E-state index contributed by atoms with van der Waals surface area (Å²) in [5.41, 5.74) is 4.99. The van der Waals surface area contributed by atoms with E-state index in [0.717, 1.165) is 16.1 Å². The normalized spacial score (nSPS) is 16.0. The van der Waals surface area contributed by atoms with Crippen LogP contribution in [0, 0.1) is 0 Å². The van der Waals surface area contributed by atoms with E-state index in [0.29, 0.717) is 11.5 Å². The van der Waals surface area contributed by atoms with Crippen molar-refractivity contribution in [3.63, 3.8) is 0 Å². The summed E-state index contributed by atoms with van der Waals surface area (Å²) in [4.78, 5) is 14.0. The fourth-order valence-corrected chi connectivity index (χ4v) is 3.72. The van der Waals surface area contributed by atoms with Crippen LogP contribution in [0.1, 0.15) is 27.0 Å². The lowest BCUT2D eigenvalue weighted by Crippen LogP contribution is -2.39. The summed E-state index contributed by atoms with van der Waals surface area (Å²) in [5, 5.41) is 3.56. The van der Waals surface area contributed by atoms with Gasteiger partial charge in [-0.25, -0.2) is 5.01 Å². The van der Waals surface area contributed by atoms with Crippen molar-refractivity contribution in [1.29, 1.82) is 0 Å². The third-order valence-corrected chi connectivity index (χ3v) is 5.23. The number of hydrogen-bond acceptors (Lipinski definition) is 6. The zero-order valence-electron chi connectivity index (χ0n) is 14.8. The standard InChI is InChI=1S/C20H18N2O4S/c1-24-16-8-7-13(11-18(16)25-2)15-12-14(19-6-4-10-27-19)21-22(15)20(23)17-5-3-9-26-17/h3-12,15,21H,1-2H3/t15-/m1/s1. The number of furan rings is 1. The Hall–Kier alpha value is -3.19. The van der Waals surface area contributed by atoms with Crippen LogP contribution >= 0.6 is 11.3 Å². The van der Waals surface area contributed by atoms with Crippen LogP contribution in [-0.4, -0.2) is 25.1 Å². The summed E-state index contributed by atoms with van der Waals surface area (Å²) in [6.07, 6.45) is 3.51. The molecular weight excluding hydrogens is 364 g/mol. The number of hydrazine groups is 1. The molecule has 6 nitrogen and oxygen atoms in total. The smallest absolute Gasteiger partial charge is 0.308 e. The molecule has 1 N–H and O–H groups in total. The molecule has 3 heterocycles. The lowest BCUT2D eigenvalue weighted by atomic mass is 10.0. The second-order valence-corrected chi connectivity index (χ2v) is 6.83. The number of ether oxygens (including phenoxy) is 2. The Bertz CT molecular complexity index is 964. The Labute approximate surface area is 160 Å². The lowest BCUT2D eigenvalue weighted by Gasteiger charge is -2.25. The topological polar surface area (TPSA) is 63.9 Å². The molecule has 27 heavy (non-hydrogen) atoms. The van der Waals surface area contributed by atoms with Crippen LogP contribution in [0.4, 0.5) is 0 Å². The van der Waals surface area contributed by atoms with Crippen LogP contribution in [0.5, 0.6) is 11.5 Å². The maximum absolute atomic E-state index is 13.0. The Morgan fingerprint density at radius 1 is 1.15 bits per heavy atom. The van der Waals surface area contributed by atoms with E-state index in [-0.39, 0.29) is 17.7 Å². The van der Waals surface area contributed by atoms with Crippen LogP contribution < -0.4 is 14.9 Å². The molecule has 0 fully saturated rings. The maximum Gasteiger partial charge on any atom is 0.308 e. The Morgan fingerprint density at radius 2 is 2.00 bits per heavy atom. The molecule has 1 aliphatic heterocycles. The molecule has 0 saturated heterocycles. The second kappa shape index (κ2) is 7.20. The summed E-state index contributed by atoms with van der Waals surface area (Å²) < 4.78 is 16.0. The minimum absolute atomic E-state index is 0.248. The van der Waals surface area contributed by atoms with Gasteiger partial charge >= 0.3 is 5.91 Å². The zero-order valence-corrected chi connectivity index (χ0v) is 15.7. The van der Waals surface area contributed by atoms with Crippen molar-refractivity contribution in [1.82, 2.24) is 10.4 Å². The quantitative estimate of drug-likeness (QED) is 0.720. The molecule has 1 amide bonds. The molecule has 4 rings (SSSR count). The molecule has 0 unspecified atom stereocenters. The van der Waals surface area contributed by atoms with E-state index in [2.05, 4.69) is 5.43 Å². The number of thiophene rings is 1. The number of carbonyl (C=O) groups is 1. The van der Waals surface area contributed by atoms with Crippen LogP contribution in [0.3, 0.4) is 0 Å². The first-order valence-electron chi connectivity index (χ1n) is 8.32. The van der Waals surface area contributed by atoms with Crippen molar-refractivity contribution in [3.05, 3.63) is 76.4 Å². The molecule has 1 aliphatic rings. The van der Waals surface area contributed by atoms with Crippen molar-refractivity contribution < 1.29 is 18.7 Å². The molecule has 7 heteroatoms. The molecular formula is C20H18N2O4S. The van der Waals surface area contributed by atoms with Gasteiger partial charge < -0.3 is 13.9 Å². The fourth-order valence-electron chi connectivity index (χ4n) is 3.02. The van der Waals surface area contributed by atoms with Crippen molar-refractivity contribution >= 4 is 22.9 Å². The number of methoxy groups -OCH3 is 2. The third-order valence-electron chi connectivity index (χ3n) is 4.33. The number of hydrogen-bond donors (Lipinski definition) is 1. The number of amides is 1. The second-order valence-electron chi connectivity index (χ2n) is 5.88. The van der Waals surface area contributed by atoms with Crippen LogP contribution in [0.25, 0.3) is 5.70 Å². The summed E-state index contributed by atoms with van der Waals surface area (Å²) in [6.45, 7) is 0. The molecule has 3 aromatic rings. The largest absolute Gasteiger partial charge is 0.493 e. The zero-order chi connectivity index (χ0) is 18.8. The predicted octanol–water partition coefficient (Wildman–Crippen LogP) is 4.10. The fraction of sp³-hybridized carbons (Fsp3) is 0.150. The van der Waals surface area contributed by atoms with Gasteiger partial charge in [-0.15, -0.1) is 11.3 Å². The van der Waals surface area contributed by atoms with Gasteiger partial charge in [0.05, 0.1) is 37.1 Å². The summed E-state index contributed by atoms with van der Waals surface area (Å²) >= 11 is 1.61. The van der Waals surface area contributed by atoms with Gasteiger partial charge in [0, 0.05) is 0 Å². The van der Waals surface area contributed by atoms with E-state index >= 15 is 0 Å². The number of carbonyl (C=O) groups excluding carboxylic acids is 1. The van der Waals surface area contributed by atoms with Gasteiger partial charge in [-0.1, -0.05) is 12.1 Å².